The lowest BCUT2D eigenvalue weighted by Crippen LogP contribution is -2.42. The molecule has 1 N–H and O–H groups in total. The maximum atomic E-state index is 11.5. The molecule has 0 heterocycles. The lowest BCUT2D eigenvalue weighted by Gasteiger charge is -2.33. The van der Waals surface area contributed by atoms with Crippen LogP contribution >= 0.6 is 0 Å². The SMILES string of the molecule is CCCC(C)(C)OCC(C)(COC(C)(C)C)C(=O)O. The van der Waals surface area contributed by atoms with Gasteiger partial charge in [-0.3, -0.25) is 4.79 Å². The minimum Gasteiger partial charge on any atom is -0.481 e. The Bertz CT molecular complexity index is 291. The van der Waals surface area contributed by atoms with Gasteiger partial charge in [0.05, 0.1) is 24.4 Å². The number of carboxylic acid groups (broad SMARTS) is 1. The molecule has 0 aromatic rings. The largest absolute Gasteiger partial charge is 0.481 e. The van der Waals surface area contributed by atoms with Crippen LogP contribution in [-0.4, -0.2) is 35.5 Å². The lowest BCUT2D eigenvalue weighted by molar-refractivity contribution is -0.167. The Morgan fingerprint density at radius 1 is 1.00 bits per heavy atom. The summed E-state index contributed by atoms with van der Waals surface area (Å²) in [4.78, 5) is 11.5. The number of hydrogen-bond acceptors (Lipinski definition) is 3. The van der Waals surface area contributed by atoms with E-state index in [4.69, 9.17) is 9.47 Å². The van der Waals surface area contributed by atoms with Crippen LogP contribution in [0.5, 0.6) is 0 Å². The average Bonchev–Trinajstić information content (AvgIpc) is 2.22. The average molecular weight is 274 g/mol. The normalized spacial score (nSPS) is 16.2. The van der Waals surface area contributed by atoms with Gasteiger partial charge in [-0.1, -0.05) is 13.3 Å². The first-order valence-electron chi connectivity index (χ1n) is 6.93. The van der Waals surface area contributed by atoms with Crippen LogP contribution in [0.2, 0.25) is 0 Å². The number of hydrogen-bond donors (Lipinski definition) is 1. The van der Waals surface area contributed by atoms with Crippen molar-refractivity contribution in [2.45, 2.75) is 72.5 Å². The molecule has 114 valence electrons. The van der Waals surface area contributed by atoms with Gasteiger partial charge in [0.25, 0.3) is 0 Å². The first-order valence-corrected chi connectivity index (χ1v) is 6.93. The summed E-state index contributed by atoms with van der Waals surface area (Å²) in [5, 5.41) is 9.40. The maximum absolute atomic E-state index is 11.5. The molecule has 4 nitrogen and oxygen atoms in total. The highest BCUT2D eigenvalue weighted by Crippen LogP contribution is 2.25. The summed E-state index contributed by atoms with van der Waals surface area (Å²) in [5.41, 5.74) is -1.67. The van der Waals surface area contributed by atoms with Crippen molar-refractivity contribution in [3.8, 4) is 0 Å². The van der Waals surface area contributed by atoms with E-state index in [0.717, 1.165) is 12.8 Å². The number of aliphatic carboxylic acids is 1. The second-order valence-corrected chi connectivity index (χ2v) is 7.07. The summed E-state index contributed by atoms with van der Waals surface area (Å²) in [6.45, 7) is 13.8. The van der Waals surface area contributed by atoms with Crippen LogP contribution in [-0.2, 0) is 14.3 Å². The summed E-state index contributed by atoms with van der Waals surface area (Å²) < 4.78 is 11.4. The summed E-state index contributed by atoms with van der Waals surface area (Å²) >= 11 is 0. The minimum atomic E-state index is -1.02. The van der Waals surface area contributed by atoms with Crippen molar-refractivity contribution < 1.29 is 19.4 Å². The van der Waals surface area contributed by atoms with E-state index in [9.17, 15) is 9.90 Å². The Kier molecular flexibility index (Phi) is 6.49. The summed E-state index contributed by atoms with van der Waals surface area (Å²) in [7, 11) is 0. The summed E-state index contributed by atoms with van der Waals surface area (Å²) in [6.07, 6.45) is 1.91. The van der Waals surface area contributed by atoms with E-state index in [1.165, 1.54) is 0 Å². The van der Waals surface area contributed by atoms with Crippen molar-refractivity contribution >= 4 is 5.97 Å². The molecule has 0 fully saturated rings. The lowest BCUT2D eigenvalue weighted by atomic mass is 9.92. The van der Waals surface area contributed by atoms with Crippen molar-refractivity contribution in [2.24, 2.45) is 5.41 Å². The number of ether oxygens (including phenoxy) is 2. The topological polar surface area (TPSA) is 55.8 Å². The Morgan fingerprint density at radius 3 is 1.84 bits per heavy atom. The number of rotatable bonds is 8. The second-order valence-electron chi connectivity index (χ2n) is 7.07. The molecule has 0 aliphatic carbocycles. The van der Waals surface area contributed by atoms with Gasteiger partial charge in [-0.05, 0) is 48.0 Å². The van der Waals surface area contributed by atoms with E-state index in [1.54, 1.807) is 6.92 Å². The van der Waals surface area contributed by atoms with Crippen LogP contribution in [0.1, 0.15) is 61.3 Å². The molecule has 0 radical (unpaired) electrons. The highest BCUT2D eigenvalue weighted by molar-refractivity contribution is 5.74. The van der Waals surface area contributed by atoms with Gasteiger partial charge in [0.15, 0.2) is 0 Å². The molecule has 0 aromatic heterocycles. The van der Waals surface area contributed by atoms with Crippen molar-refractivity contribution in [1.82, 2.24) is 0 Å². The molecule has 0 spiro atoms. The molecule has 1 atom stereocenters. The monoisotopic (exact) mass is 274 g/mol. The molecule has 0 aliphatic heterocycles. The fraction of sp³-hybridized carbons (Fsp3) is 0.933. The predicted octanol–water partition coefficient (Wildman–Crippen LogP) is 3.49. The molecule has 0 aliphatic rings. The molecule has 0 saturated carbocycles. The summed E-state index contributed by atoms with van der Waals surface area (Å²) in [6, 6.07) is 0. The van der Waals surface area contributed by atoms with Gasteiger partial charge in [0, 0.05) is 0 Å². The van der Waals surface area contributed by atoms with Crippen LogP contribution in [0.15, 0.2) is 0 Å². The molecule has 0 saturated heterocycles. The Hall–Kier alpha value is -0.610. The van der Waals surface area contributed by atoms with Crippen LogP contribution in [0, 0.1) is 5.41 Å². The zero-order valence-electron chi connectivity index (χ0n) is 13.5. The van der Waals surface area contributed by atoms with Gasteiger partial charge in [-0.15, -0.1) is 0 Å². The predicted molar refractivity (Wildman–Crippen MR) is 76.4 cm³/mol. The van der Waals surface area contributed by atoms with E-state index in [0.29, 0.717) is 0 Å². The molecule has 19 heavy (non-hydrogen) atoms. The molecule has 4 heteroatoms. The Balaban J connectivity index is 4.60. The molecular weight excluding hydrogens is 244 g/mol. The zero-order chi connectivity index (χ0) is 15.3. The van der Waals surface area contributed by atoms with Gasteiger partial charge in [0.2, 0.25) is 0 Å². The van der Waals surface area contributed by atoms with Crippen molar-refractivity contribution in [3.05, 3.63) is 0 Å². The van der Waals surface area contributed by atoms with Gasteiger partial charge in [-0.2, -0.15) is 0 Å². The van der Waals surface area contributed by atoms with Crippen molar-refractivity contribution in [2.75, 3.05) is 13.2 Å². The third-order valence-electron chi connectivity index (χ3n) is 2.97. The molecule has 0 aromatic carbocycles. The number of carboxylic acids is 1. The molecule has 0 rings (SSSR count). The van der Waals surface area contributed by atoms with Crippen molar-refractivity contribution in [1.29, 1.82) is 0 Å². The molecular formula is C15H30O4. The van der Waals surface area contributed by atoms with E-state index >= 15 is 0 Å². The van der Waals surface area contributed by atoms with Crippen LogP contribution < -0.4 is 0 Å². The zero-order valence-corrected chi connectivity index (χ0v) is 13.5. The van der Waals surface area contributed by atoms with E-state index in [2.05, 4.69) is 6.92 Å². The number of carbonyl (C=O) groups is 1. The van der Waals surface area contributed by atoms with E-state index in [1.807, 2.05) is 34.6 Å². The van der Waals surface area contributed by atoms with Gasteiger partial charge in [0.1, 0.15) is 5.41 Å². The third-order valence-corrected chi connectivity index (χ3v) is 2.97. The van der Waals surface area contributed by atoms with E-state index in [-0.39, 0.29) is 24.4 Å². The molecule has 0 bridgehead atoms. The fourth-order valence-corrected chi connectivity index (χ4v) is 1.57. The van der Waals surface area contributed by atoms with Gasteiger partial charge < -0.3 is 14.6 Å². The van der Waals surface area contributed by atoms with Gasteiger partial charge in [-0.25, -0.2) is 0 Å². The van der Waals surface area contributed by atoms with E-state index < -0.39 is 11.4 Å². The van der Waals surface area contributed by atoms with Gasteiger partial charge >= 0.3 is 5.97 Å². The quantitative estimate of drug-likeness (QED) is 0.736. The van der Waals surface area contributed by atoms with Crippen LogP contribution in [0.4, 0.5) is 0 Å². The van der Waals surface area contributed by atoms with Crippen LogP contribution in [0.3, 0.4) is 0 Å². The smallest absolute Gasteiger partial charge is 0.314 e. The molecule has 1 unspecified atom stereocenters. The Labute approximate surface area is 117 Å². The highest BCUT2D eigenvalue weighted by atomic mass is 16.5. The van der Waals surface area contributed by atoms with Crippen molar-refractivity contribution in [3.63, 3.8) is 0 Å². The first kappa shape index (κ1) is 18.4. The highest BCUT2D eigenvalue weighted by Gasteiger charge is 2.37. The fourth-order valence-electron chi connectivity index (χ4n) is 1.57. The standard InChI is InChI=1S/C15H30O4/c1-8-9-14(5,6)19-11-15(7,12(16)17)10-18-13(2,3)4/h8-11H2,1-7H3,(H,16,17). The maximum Gasteiger partial charge on any atom is 0.314 e. The minimum absolute atomic E-state index is 0.147. The Morgan fingerprint density at radius 2 is 1.47 bits per heavy atom. The molecule has 0 amide bonds. The summed E-state index contributed by atoms with van der Waals surface area (Å²) in [5.74, 6) is -0.885. The third kappa shape index (κ3) is 7.53. The first-order chi connectivity index (χ1) is 8.42. The van der Waals surface area contributed by atoms with Crippen LogP contribution in [0.25, 0.3) is 0 Å². The second kappa shape index (κ2) is 6.71.